The van der Waals surface area contributed by atoms with Crippen LogP contribution < -0.4 is 5.73 Å². The van der Waals surface area contributed by atoms with Crippen LogP contribution in [0.2, 0.25) is 0 Å². The summed E-state index contributed by atoms with van der Waals surface area (Å²) in [5.41, 5.74) is 7.89. The van der Waals surface area contributed by atoms with E-state index >= 15 is 0 Å². The number of fused-ring (bicyclic) bond motifs is 3. The first-order valence-corrected chi connectivity index (χ1v) is 5.81. The lowest BCUT2D eigenvalue weighted by atomic mass is 10.2. The summed E-state index contributed by atoms with van der Waals surface area (Å²) in [4.78, 5) is 19.3. The van der Waals surface area contributed by atoms with Crippen LogP contribution in [0.15, 0.2) is 29.1 Å². The van der Waals surface area contributed by atoms with Crippen LogP contribution in [0.3, 0.4) is 0 Å². The van der Waals surface area contributed by atoms with Crippen LogP contribution in [0.25, 0.3) is 16.6 Å². The molecule has 90 valence electrons. The maximum atomic E-state index is 11.1. The molecule has 6 nitrogen and oxygen atoms in total. The third kappa shape index (κ3) is 1.44. The molecule has 1 aromatic carbocycles. The van der Waals surface area contributed by atoms with Gasteiger partial charge in [-0.15, -0.1) is 0 Å². The molecule has 0 aliphatic rings. The fourth-order valence-corrected chi connectivity index (χ4v) is 2.36. The van der Waals surface area contributed by atoms with E-state index in [9.17, 15) is 4.79 Å². The highest BCUT2D eigenvalue weighted by Gasteiger charge is 2.13. The van der Waals surface area contributed by atoms with Crippen molar-refractivity contribution in [3.63, 3.8) is 0 Å². The van der Waals surface area contributed by atoms with E-state index in [1.165, 1.54) is 0 Å². The number of hydrogen-bond donors (Lipinski definition) is 2. The summed E-state index contributed by atoms with van der Waals surface area (Å²) >= 11 is 3.21. The number of nitrogen functional groups attached to an aromatic ring is 1. The molecule has 0 atom stereocenters. The second kappa shape index (κ2) is 3.67. The number of imidazole rings is 1. The molecule has 3 aromatic rings. The Balaban J connectivity index is 2.52. The molecular weight excluding hydrogens is 300 g/mol. The van der Waals surface area contributed by atoms with Crippen molar-refractivity contribution in [2.75, 3.05) is 5.73 Å². The molecule has 3 rings (SSSR count). The van der Waals surface area contributed by atoms with Crippen molar-refractivity contribution in [3.8, 4) is 0 Å². The van der Waals surface area contributed by atoms with Crippen molar-refractivity contribution in [2.24, 2.45) is 0 Å². The van der Waals surface area contributed by atoms with Crippen LogP contribution in [-0.4, -0.2) is 25.4 Å². The van der Waals surface area contributed by atoms with E-state index in [1.807, 2.05) is 0 Å². The van der Waals surface area contributed by atoms with Gasteiger partial charge < -0.3 is 10.8 Å². The van der Waals surface area contributed by atoms with Crippen molar-refractivity contribution in [2.45, 2.75) is 0 Å². The van der Waals surface area contributed by atoms with Gasteiger partial charge in [0.15, 0.2) is 0 Å². The number of aromatic nitrogens is 3. The normalized spacial score (nSPS) is 11.2. The Morgan fingerprint density at radius 3 is 2.89 bits per heavy atom. The smallest absolute Gasteiger partial charge is 0.336 e. The third-order valence-corrected chi connectivity index (χ3v) is 3.35. The van der Waals surface area contributed by atoms with Gasteiger partial charge in [0.05, 0.1) is 29.1 Å². The second-order valence-electron chi connectivity index (χ2n) is 3.77. The average molecular weight is 307 g/mol. The van der Waals surface area contributed by atoms with E-state index in [-0.39, 0.29) is 5.56 Å². The van der Waals surface area contributed by atoms with Crippen LogP contribution in [0.4, 0.5) is 5.82 Å². The first kappa shape index (κ1) is 11.0. The van der Waals surface area contributed by atoms with Crippen LogP contribution in [0.5, 0.6) is 0 Å². The molecule has 0 aliphatic carbocycles. The van der Waals surface area contributed by atoms with Crippen molar-refractivity contribution in [3.05, 3.63) is 34.7 Å². The number of benzene rings is 1. The highest BCUT2D eigenvalue weighted by molar-refractivity contribution is 9.10. The maximum Gasteiger partial charge on any atom is 0.336 e. The average Bonchev–Trinajstić information content (AvgIpc) is 2.77. The molecule has 0 saturated heterocycles. The first-order valence-electron chi connectivity index (χ1n) is 5.02. The van der Waals surface area contributed by atoms with Gasteiger partial charge in [0.25, 0.3) is 0 Å². The zero-order chi connectivity index (χ0) is 12.9. The molecule has 0 spiro atoms. The molecule has 0 radical (unpaired) electrons. The Hall–Kier alpha value is -2.15. The Bertz CT molecular complexity index is 796. The number of halogens is 1. The van der Waals surface area contributed by atoms with Gasteiger partial charge in [-0.3, -0.25) is 4.40 Å². The summed E-state index contributed by atoms with van der Waals surface area (Å²) < 4.78 is 2.19. The molecular formula is C11H7BrN4O2. The maximum absolute atomic E-state index is 11.1. The summed E-state index contributed by atoms with van der Waals surface area (Å²) in [7, 11) is 0. The largest absolute Gasteiger partial charge is 0.478 e. The minimum absolute atomic E-state index is 0.170. The molecule has 0 bridgehead atoms. The van der Waals surface area contributed by atoms with E-state index in [2.05, 4.69) is 25.9 Å². The molecule has 0 amide bonds. The first-order chi connectivity index (χ1) is 8.58. The van der Waals surface area contributed by atoms with Crippen LogP contribution in [0.1, 0.15) is 10.4 Å². The summed E-state index contributed by atoms with van der Waals surface area (Å²) in [6.45, 7) is 0. The molecule has 0 saturated carbocycles. The molecule has 3 N–H and O–H groups in total. The summed E-state index contributed by atoms with van der Waals surface area (Å²) in [6, 6.07) is 3.18. The van der Waals surface area contributed by atoms with Crippen molar-refractivity contribution >= 4 is 44.3 Å². The Morgan fingerprint density at radius 1 is 1.39 bits per heavy atom. The van der Waals surface area contributed by atoms with Crippen LogP contribution in [-0.2, 0) is 0 Å². The van der Waals surface area contributed by atoms with Crippen molar-refractivity contribution < 1.29 is 9.90 Å². The second-order valence-corrected chi connectivity index (χ2v) is 4.63. The van der Waals surface area contributed by atoms with Gasteiger partial charge in [0, 0.05) is 4.47 Å². The monoisotopic (exact) mass is 306 g/mol. The Kier molecular flexibility index (Phi) is 2.24. The number of aromatic carboxylic acids is 1. The van der Waals surface area contributed by atoms with E-state index in [4.69, 9.17) is 10.8 Å². The highest BCUT2D eigenvalue weighted by Crippen LogP contribution is 2.26. The Labute approximate surface area is 109 Å². The number of anilines is 1. The minimum Gasteiger partial charge on any atom is -0.478 e. The lowest BCUT2D eigenvalue weighted by molar-refractivity contribution is 0.0696. The number of nitrogens with two attached hydrogens (primary N) is 1. The zero-order valence-electron chi connectivity index (χ0n) is 8.96. The standard InChI is InChI=1S/C11H7BrN4O2/c12-6-2-7-8(1-5(6)11(17)18)16-4-14-3-9(16)10(13)15-7/h1-4H,(H2,13,15)(H,17,18). The molecule has 0 aliphatic heterocycles. The molecule has 7 heteroatoms. The summed E-state index contributed by atoms with van der Waals surface area (Å²) in [5.74, 6) is -0.649. The number of carbonyl (C=O) groups is 1. The SMILES string of the molecule is Nc1nc2cc(Br)c(C(=O)O)cc2n2cncc12. The fraction of sp³-hybridized carbons (Fsp3) is 0. The number of hydrogen-bond acceptors (Lipinski definition) is 4. The third-order valence-electron chi connectivity index (χ3n) is 2.70. The summed E-state index contributed by atoms with van der Waals surface area (Å²) in [5, 5.41) is 9.10. The van der Waals surface area contributed by atoms with Crippen molar-refractivity contribution in [1.29, 1.82) is 0 Å². The van der Waals surface area contributed by atoms with Gasteiger partial charge in [-0.1, -0.05) is 0 Å². The Morgan fingerprint density at radius 2 is 2.17 bits per heavy atom. The van der Waals surface area contributed by atoms with Crippen LogP contribution >= 0.6 is 15.9 Å². The van der Waals surface area contributed by atoms with Gasteiger partial charge in [-0.2, -0.15) is 0 Å². The van der Waals surface area contributed by atoms with Gasteiger partial charge >= 0.3 is 5.97 Å². The minimum atomic E-state index is -1.01. The van der Waals surface area contributed by atoms with Crippen molar-refractivity contribution in [1.82, 2.24) is 14.4 Å². The number of nitrogens with zero attached hydrogens (tertiary/aromatic N) is 3. The number of carboxylic acid groups (broad SMARTS) is 1. The van der Waals surface area contributed by atoms with Gasteiger partial charge in [-0.05, 0) is 28.1 Å². The topological polar surface area (TPSA) is 93.5 Å². The number of rotatable bonds is 1. The fourth-order valence-electron chi connectivity index (χ4n) is 1.86. The van der Waals surface area contributed by atoms with Gasteiger partial charge in [-0.25, -0.2) is 14.8 Å². The summed E-state index contributed by atoms with van der Waals surface area (Å²) in [6.07, 6.45) is 3.17. The van der Waals surface area contributed by atoms with Gasteiger partial charge in [0.2, 0.25) is 0 Å². The van der Waals surface area contributed by atoms with E-state index in [0.717, 1.165) is 0 Å². The predicted octanol–water partition coefficient (Wildman–Crippen LogP) is 1.93. The molecule has 2 aromatic heterocycles. The lowest BCUT2D eigenvalue weighted by Crippen LogP contribution is -2.02. The molecule has 0 unspecified atom stereocenters. The quantitative estimate of drug-likeness (QED) is 0.716. The van der Waals surface area contributed by atoms with E-state index in [0.29, 0.717) is 26.8 Å². The van der Waals surface area contributed by atoms with E-state index in [1.54, 1.807) is 29.1 Å². The van der Waals surface area contributed by atoms with Gasteiger partial charge in [0.1, 0.15) is 11.3 Å². The zero-order valence-corrected chi connectivity index (χ0v) is 10.5. The highest BCUT2D eigenvalue weighted by atomic mass is 79.9. The predicted molar refractivity (Wildman–Crippen MR) is 69.6 cm³/mol. The molecule has 18 heavy (non-hydrogen) atoms. The lowest BCUT2D eigenvalue weighted by Gasteiger charge is -2.07. The van der Waals surface area contributed by atoms with Crippen LogP contribution in [0, 0.1) is 0 Å². The van der Waals surface area contributed by atoms with E-state index < -0.39 is 5.97 Å². The molecule has 0 fully saturated rings. The molecule has 2 heterocycles. The number of carboxylic acids is 1.